The van der Waals surface area contributed by atoms with E-state index in [9.17, 15) is 0 Å². The monoisotopic (exact) mass is 248 g/mol. The quantitative estimate of drug-likeness (QED) is 0.848. The molecule has 2 heterocycles. The van der Waals surface area contributed by atoms with Crippen LogP contribution in [-0.4, -0.2) is 20.8 Å². The fraction of sp³-hybridized carbons (Fsp3) is 0.500. The van der Waals surface area contributed by atoms with Crippen LogP contribution in [0.25, 0.3) is 0 Å². The average molecular weight is 248 g/mol. The number of nitrogens with zero attached hydrogens (tertiary/aromatic N) is 3. The van der Waals surface area contributed by atoms with E-state index in [-0.39, 0.29) is 0 Å². The SMILES string of the molecule is c1cc(CCn2cnc(CNC3CC3)n2)cs1. The number of nitrogens with one attached hydrogen (secondary N) is 1. The van der Waals surface area contributed by atoms with Gasteiger partial charge in [0, 0.05) is 12.6 Å². The zero-order chi connectivity index (χ0) is 11.5. The molecule has 0 bridgehead atoms. The molecular formula is C12H16N4S. The van der Waals surface area contributed by atoms with E-state index in [1.807, 2.05) is 11.0 Å². The third-order valence-corrected chi connectivity index (χ3v) is 3.65. The minimum atomic E-state index is 0.716. The molecule has 0 spiro atoms. The van der Waals surface area contributed by atoms with Crippen molar-refractivity contribution in [1.29, 1.82) is 0 Å². The van der Waals surface area contributed by atoms with Gasteiger partial charge >= 0.3 is 0 Å². The molecule has 1 aliphatic rings. The fourth-order valence-corrected chi connectivity index (χ4v) is 2.43. The molecule has 1 aliphatic carbocycles. The summed E-state index contributed by atoms with van der Waals surface area (Å²) in [6.45, 7) is 1.71. The minimum Gasteiger partial charge on any atom is -0.307 e. The van der Waals surface area contributed by atoms with Gasteiger partial charge in [0.15, 0.2) is 5.82 Å². The highest BCUT2D eigenvalue weighted by atomic mass is 32.1. The Balaban J connectivity index is 1.49. The molecule has 0 saturated heterocycles. The van der Waals surface area contributed by atoms with Gasteiger partial charge < -0.3 is 5.32 Å². The summed E-state index contributed by atoms with van der Waals surface area (Å²) < 4.78 is 1.93. The topological polar surface area (TPSA) is 42.7 Å². The van der Waals surface area contributed by atoms with Crippen LogP contribution < -0.4 is 5.32 Å². The van der Waals surface area contributed by atoms with Crippen LogP contribution in [0.2, 0.25) is 0 Å². The Kier molecular flexibility index (Phi) is 3.20. The van der Waals surface area contributed by atoms with Gasteiger partial charge in [0.25, 0.3) is 0 Å². The first kappa shape index (κ1) is 10.9. The molecule has 2 aromatic heterocycles. The Hall–Kier alpha value is -1.20. The molecule has 17 heavy (non-hydrogen) atoms. The van der Waals surface area contributed by atoms with Crippen LogP contribution in [-0.2, 0) is 19.5 Å². The van der Waals surface area contributed by atoms with Gasteiger partial charge in [0.1, 0.15) is 6.33 Å². The molecule has 2 aromatic rings. The maximum absolute atomic E-state index is 4.46. The summed E-state index contributed by atoms with van der Waals surface area (Å²) in [4.78, 5) is 4.31. The highest BCUT2D eigenvalue weighted by molar-refractivity contribution is 7.07. The fourth-order valence-electron chi connectivity index (χ4n) is 1.72. The number of rotatable bonds is 6. The van der Waals surface area contributed by atoms with E-state index in [0.29, 0.717) is 6.04 Å². The lowest BCUT2D eigenvalue weighted by molar-refractivity contribution is 0.591. The maximum atomic E-state index is 4.46. The van der Waals surface area contributed by atoms with Crippen LogP contribution in [0.15, 0.2) is 23.2 Å². The zero-order valence-electron chi connectivity index (χ0n) is 9.67. The molecule has 5 heteroatoms. The summed E-state index contributed by atoms with van der Waals surface area (Å²) in [7, 11) is 0. The zero-order valence-corrected chi connectivity index (χ0v) is 10.5. The van der Waals surface area contributed by atoms with Crippen molar-refractivity contribution in [3.63, 3.8) is 0 Å². The van der Waals surface area contributed by atoms with Crippen molar-refractivity contribution < 1.29 is 0 Å². The maximum Gasteiger partial charge on any atom is 0.164 e. The van der Waals surface area contributed by atoms with Gasteiger partial charge in [-0.1, -0.05) is 0 Å². The van der Waals surface area contributed by atoms with Crippen molar-refractivity contribution in [3.05, 3.63) is 34.5 Å². The predicted octanol–water partition coefficient (Wildman–Crippen LogP) is 1.83. The van der Waals surface area contributed by atoms with Gasteiger partial charge in [-0.2, -0.15) is 16.4 Å². The Labute approximate surface area is 105 Å². The van der Waals surface area contributed by atoms with Crippen molar-refractivity contribution in [2.24, 2.45) is 0 Å². The third kappa shape index (κ3) is 3.14. The second-order valence-corrected chi connectivity index (χ2v) is 5.24. The number of aryl methyl sites for hydroxylation is 2. The lowest BCUT2D eigenvalue weighted by Gasteiger charge is -1.99. The molecule has 0 aromatic carbocycles. The lowest BCUT2D eigenvalue weighted by Crippen LogP contribution is -2.16. The standard InChI is InChI=1S/C12H16N4S/c1-2-11(1)13-7-12-14-9-16(15-12)5-3-10-4-6-17-8-10/h4,6,8-9,11,13H,1-3,5,7H2. The summed E-state index contributed by atoms with van der Waals surface area (Å²) in [5, 5.41) is 12.2. The number of hydrogen-bond acceptors (Lipinski definition) is 4. The summed E-state index contributed by atoms with van der Waals surface area (Å²) in [5.74, 6) is 0.905. The second kappa shape index (κ2) is 4.98. The van der Waals surface area contributed by atoms with E-state index in [1.165, 1.54) is 18.4 Å². The first-order chi connectivity index (χ1) is 8.40. The van der Waals surface area contributed by atoms with Crippen LogP contribution in [0.1, 0.15) is 24.2 Å². The first-order valence-electron chi connectivity index (χ1n) is 6.03. The van der Waals surface area contributed by atoms with Crippen LogP contribution in [0.5, 0.6) is 0 Å². The average Bonchev–Trinajstić information content (AvgIpc) is 2.86. The van der Waals surface area contributed by atoms with E-state index in [2.05, 4.69) is 32.2 Å². The van der Waals surface area contributed by atoms with Crippen molar-refractivity contribution >= 4 is 11.3 Å². The van der Waals surface area contributed by atoms with Gasteiger partial charge in [-0.05, 0) is 41.7 Å². The predicted molar refractivity (Wildman–Crippen MR) is 67.9 cm³/mol. The van der Waals surface area contributed by atoms with E-state index < -0.39 is 0 Å². The highest BCUT2D eigenvalue weighted by Crippen LogP contribution is 2.18. The molecule has 0 amide bonds. The number of hydrogen-bond donors (Lipinski definition) is 1. The summed E-state index contributed by atoms with van der Waals surface area (Å²) in [6.07, 6.45) is 5.47. The van der Waals surface area contributed by atoms with Crippen LogP contribution in [0.3, 0.4) is 0 Å². The Bertz CT molecular complexity index is 459. The van der Waals surface area contributed by atoms with Crippen LogP contribution in [0.4, 0.5) is 0 Å². The van der Waals surface area contributed by atoms with Gasteiger partial charge in [-0.15, -0.1) is 0 Å². The van der Waals surface area contributed by atoms with Crippen molar-refractivity contribution in [3.8, 4) is 0 Å². The molecule has 1 fully saturated rings. The Morgan fingerprint density at radius 1 is 1.47 bits per heavy atom. The molecule has 0 radical (unpaired) electrons. The van der Waals surface area contributed by atoms with E-state index >= 15 is 0 Å². The van der Waals surface area contributed by atoms with E-state index in [1.54, 1.807) is 11.3 Å². The van der Waals surface area contributed by atoms with Gasteiger partial charge in [-0.25, -0.2) is 4.98 Å². The third-order valence-electron chi connectivity index (χ3n) is 2.92. The molecule has 1 N–H and O–H groups in total. The molecule has 0 atom stereocenters. The van der Waals surface area contributed by atoms with Gasteiger partial charge in [0.05, 0.1) is 6.54 Å². The highest BCUT2D eigenvalue weighted by Gasteiger charge is 2.20. The molecule has 4 nitrogen and oxygen atoms in total. The summed E-state index contributed by atoms with van der Waals surface area (Å²) in [5.41, 5.74) is 1.38. The lowest BCUT2D eigenvalue weighted by atomic mass is 10.2. The van der Waals surface area contributed by atoms with Gasteiger partial charge in [0.2, 0.25) is 0 Å². The van der Waals surface area contributed by atoms with E-state index in [4.69, 9.17) is 0 Å². The second-order valence-electron chi connectivity index (χ2n) is 4.46. The normalized spacial score (nSPS) is 15.3. The molecule has 3 rings (SSSR count). The van der Waals surface area contributed by atoms with E-state index in [0.717, 1.165) is 25.3 Å². The Morgan fingerprint density at radius 3 is 3.18 bits per heavy atom. The van der Waals surface area contributed by atoms with Crippen molar-refractivity contribution in [2.75, 3.05) is 0 Å². The van der Waals surface area contributed by atoms with Crippen molar-refractivity contribution in [1.82, 2.24) is 20.1 Å². The van der Waals surface area contributed by atoms with Gasteiger partial charge in [-0.3, -0.25) is 4.68 Å². The number of aromatic nitrogens is 3. The largest absolute Gasteiger partial charge is 0.307 e. The molecule has 1 saturated carbocycles. The Morgan fingerprint density at radius 2 is 2.41 bits per heavy atom. The van der Waals surface area contributed by atoms with Crippen LogP contribution in [0, 0.1) is 0 Å². The molecule has 0 unspecified atom stereocenters. The van der Waals surface area contributed by atoms with Crippen LogP contribution >= 0.6 is 11.3 Å². The molecular weight excluding hydrogens is 232 g/mol. The smallest absolute Gasteiger partial charge is 0.164 e. The first-order valence-corrected chi connectivity index (χ1v) is 6.97. The molecule has 0 aliphatic heterocycles. The molecule has 90 valence electrons. The number of thiophene rings is 1. The summed E-state index contributed by atoms with van der Waals surface area (Å²) >= 11 is 1.74. The summed E-state index contributed by atoms with van der Waals surface area (Å²) in [6, 6.07) is 2.88. The van der Waals surface area contributed by atoms with Crippen molar-refractivity contribution in [2.45, 2.75) is 38.4 Å². The minimum absolute atomic E-state index is 0.716.